The highest BCUT2D eigenvalue weighted by atomic mass is 32.1. The summed E-state index contributed by atoms with van der Waals surface area (Å²) in [5.74, 6) is 1.61. The maximum absolute atomic E-state index is 9.27. The van der Waals surface area contributed by atoms with Gasteiger partial charge in [-0.25, -0.2) is 4.40 Å². The summed E-state index contributed by atoms with van der Waals surface area (Å²) in [6.45, 7) is 4.79. The number of thiol groups is 1. The quantitative estimate of drug-likeness (QED) is 0.0600. The Balaban J connectivity index is 1.46. The second kappa shape index (κ2) is 17.2. The van der Waals surface area contributed by atoms with E-state index in [1.54, 1.807) is 27.2 Å². The average molecular weight is 682 g/mol. The van der Waals surface area contributed by atoms with Crippen LogP contribution >= 0.6 is 12.8 Å². The Labute approximate surface area is 301 Å². The van der Waals surface area contributed by atoms with Crippen molar-refractivity contribution in [2.75, 3.05) is 19.1 Å². The molecular formula is C42H43N5O2S. The Morgan fingerprint density at radius 3 is 1.98 bits per heavy atom. The predicted molar refractivity (Wildman–Crippen MR) is 211 cm³/mol. The molecule has 0 aliphatic heterocycles. The first-order valence-electron chi connectivity index (χ1n) is 16.8. The molecule has 0 radical (unpaired) electrons. The van der Waals surface area contributed by atoms with E-state index in [9.17, 15) is 5.26 Å². The summed E-state index contributed by atoms with van der Waals surface area (Å²) < 4.78 is 17.3. The van der Waals surface area contributed by atoms with Crippen LogP contribution in [0, 0.1) is 16.7 Å². The van der Waals surface area contributed by atoms with Crippen molar-refractivity contribution >= 4 is 59.0 Å². The van der Waals surface area contributed by atoms with Gasteiger partial charge in [-0.15, -0.1) is 0 Å². The van der Waals surface area contributed by atoms with Crippen molar-refractivity contribution in [2.45, 2.75) is 46.1 Å². The van der Waals surface area contributed by atoms with Crippen molar-refractivity contribution in [3.63, 3.8) is 0 Å². The molecule has 1 aliphatic rings. The van der Waals surface area contributed by atoms with E-state index in [-0.39, 0.29) is 5.71 Å². The Morgan fingerprint density at radius 1 is 0.840 bits per heavy atom. The number of allylic oxidation sites excluding steroid dienone is 6. The van der Waals surface area contributed by atoms with Crippen LogP contribution in [0.2, 0.25) is 0 Å². The van der Waals surface area contributed by atoms with Crippen LogP contribution in [0.15, 0.2) is 119 Å². The molecule has 0 saturated carbocycles. The van der Waals surface area contributed by atoms with Crippen LogP contribution in [-0.2, 0) is 6.54 Å². The molecule has 0 bridgehead atoms. The largest absolute Gasteiger partial charge is 0.497 e. The van der Waals surface area contributed by atoms with E-state index in [0.717, 1.165) is 76.9 Å². The van der Waals surface area contributed by atoms with Crippen LogP contribution in [0.3, 0.4) is 0 Å². The van der Waals surface area contributed by atoms with Gasteiger partial charge in [0.1, 0.15) is 17.2 Å². The standard InChI is InChI=1S/C42H43N5O2S/c1-5-6-7-8-27-46-33(20-26-40(46)39-25-12-32(28-30(2)29-43)41(44)42(39)45-50)13-9-31-10-14-34(15-11-31)47(35-16-21-37(48-3)22-17-35)36-18-23-38(49-4)24-19-36/h9-26,28,44,50H,5-8,27H2,1-4H3/b13-9+,30-28-,44-41?,45-42-. The molecule has 0 saturated heterocycles. The van der Waals surface area contributed by atoms with Crippen LogP contribution < -0.4 is 14.4 Å². The lowest BCUT2D eigenvalue weighted by Crippen LogP contribution is -2.21. The average Bonchev–Trinajstić information content (AvgIpc) is 3.56. The molecule has 0 amide bonds. The van der Waals surface area contributed by atoms with Gasteiger partial charge in [-0.2, -0.15) is 5.26 Å². The maximum Gasteiger partial charge on any atom is 0.119 e. The summed E-state index contributed by atoms with van der Waals surface area (Å²) in [6, 6.07) is 30.9. The van der Waals surface area contributed by atoms with Gasteiger partial charge < -0.3 is 18.9 Å². The Bertz CT molecular complexity index is 1940. The molecule has 50 heavy (non-hydrogen) atoms. The normalized spacial score (nSPS) is 14.0. The monoisotopic (exact) mass is 681 g/mol. The van der Waals surface area contributed by atoms with Crippen molar-refractivity contribution in [3.8, 4) is 17.6 Å². The molecule has 0 spiro atoms. The zero-order valence-electron chi connectivity index (χ0n) is 29.1. The molecule has 0 atom stereocenters. The van der Waals surface area contributed by atoms with E-state index >= 15 is 0 Å². The minimum Gasteiger partial charge on any atom is -0.497 e. The van der Waals surface area contributed by atoms with Gasteiger partial charge in [-0.3, -0.25) is 5.41 Å². The zero-order chi connectivity index (χ0) is 35.5. The molecule has 1 aromatic heterocycles. The van der Waals surface area contributed by atoms with Gasteiger partial charge in [0.25, 0.3) is 0 Å². The number of nitrogens with zero attached hydrogens (tertiary/aromatic N) is 4. The number of unbranched alkanes of at least 4 members (excludes halogenated alkanes) is 3. The number of anilines is 3. The highest BCUT2D eigenvalue weighted by Crippen LogP contribution is 2.36. The lowest BCUT2D eigenvalue weighted by Gasteiger charge is -2.26. The maximum atomic E-state index is 9.27. The molecule has 254 valence electrons. The molecule has 1 N–H and O–H groups in total. The van der Waals surface area contributed by atoms with E-state index < -0.39 is 0 Å². The number of nitriles is 1. The third kappa shape index (κ3) is 8.36. The van der Waals surface area contributed by atoms with Gasteiger partial charge >= 0.3 is 0 Å². The lowest BCUT2D eigenvalue weighted by atomic mass is 9.91. The summed E-state index contributed by atoms with van der Waals surface area (Å²) in [4.78, 5) is 2.20. The highest BCUT2D eigenvalue weighted by Gasteiger charge is 2.23. The van der Waals surface area contributed by atoms with E-state index in [1.165, 1.54) is 6.42 Å². The highest BCUT2D eigenvalue weighted by molar-refractivity contribution is 7.79. The first kappa shape index (κ1) is 35.8. The third-order valence-electron chi connectivity index (χ3n) is 8.64. The van der Waals surface area contributed by atoms with Gasteiger partial charge in [-0.1, -0.05) is 50.5 Å². The Hall–Kier alpha value is -5.52. The molecule has 7 nitrogen and oxygen atoms in total. The summed E-state index contributed by atoms with van der Waals surface area (Å²) in [5.41, 5.74) is 8.94. The summed E-state index contributed by atoms with van der Waals surface area (Å²) >= 11 is 4.26. The Kier molecular flexibility index (Phi) is 12.3. The lowest BCUT2D eigenvalue weighted by molar-refractivity contribution is 0.415. The number of methoxy groups -OCH3 is 2. The number of hydrogen-bond acceptors (Lipinski definition) is 7. The van der Waals surface area contributed by atoms with Crippen molar-refractivity contribution in [1.29, 1.82) is 10.7 Å². The van der Waals surface area contributed by atoms with E-state index in [1.807, 2.05) is 36.4 Å². The number of benzene rings is 3. The van der Waals surface area contributed by atoms with Crippen molar-refractivity contribution in [2.24, 2.45) is 4.40 Å². The number of aromatic nitrogens is 1. The smallest absolute Gasteiger partial charge is 0.119 e. The first-order chi connectivity index (χ1) is 24.4. The van der Waals surface area contributed by atoms with Gasteiger partial charge in [0, 0.05) is 46.0 Å². The second-order valence-corrected chi connectivity index (χ2v) is 12.2. The fourth-order valence-electron chi connectivity index (χ4n) is 5.94. The van der Waals surface area contributed by atoms with Crippen molar-refractivity contribution < 1.29 is 9.47 Å². The number of hydrogen-bond donors (Lipinski definition) is 2. The molecule has 3 aromatic carbocycles. The van der Waals surface area contributed by atoms with E-state index in [4.69, 9.17) is 14.9 Å². The zero-order valence-corrected chi connectivity index (χ0v) is 30.0. The summed E-state index contributed by atoms with van der Waals surface area (Å²) in [6.07, 6.45) is 14.4. The van der Waals surface area contributed by atoms with Gasteiger partial charge in [0.05, 0.1) is 31.7 Å². The third-order valence-corrected chi connectivity index (χ3v) is 8.84. The van der Waals surface area contributed by atoms with Crippen LogP contribution in [0.25, 0.3) is 17.7 Å². The minimum atomic E-state index is 0.251. The molecule has 1 aliphatic carbocycles. The molecular weight excluding hydrogens is 639 g/mol. The molecule has 1 heterocycles. The van der Waals surface area contributed by atoms with E-state index in [0.29, 0.717) is 16.9 Å². The number of nitrogens with one attached hydrogen (secondary N) is 1. The van der Waals surface area contributed by atoms with Crippen LogP contribution in [0.5, 0.6) is 11.5 Å². The number of ether oxygens (including phenoxy) is 2. The Morgan fingerprint density at radius 2 is 1.44 bits per heavy atom. The SMILES string of the molecule is CCCCCCn1c(/C=C/c2ccc(N(c3ccc(OC)cc3)c3ccc(OC)cc3)cc2)ccc1C1=CC=C(/C=C(/C)C#N)C(=N)/C1=N\S. The molecule has 4 aromatic rings. The molecule has 5 rings (SSSR count). The predicted octanol–water partition coefficient (Wildman–Crippen LogP) is 10.8. The fourth-order valence-corrected chi connectivity index (χ4v) is 6.15. The van der Waals surface area contributed by atoms with Gasteiger partial charge in [-0.05, 0) is 123 Å². The van der Waals surface area contributed by atoms with Crippen molar-refractivity contribution in [3.05, 3.63) is 131 Å². The van der Waals surface area contributed by atoms with Crippen LogP contribution in [0.1, 0.15) is 56.5 Å². The fraction of sp³-hybridized carbons (Fsp3) is 0.214. The minimum absolute atomic E-state index is 0.251. The topological polar surface area (TPSA) is 86.6 Å². The summed E-state index contributed by atoms with van der Waals surface area (Å²) in [5, 5.41) is 18.1. The van der Waals surface area contributed by atoms with Gasteiger partial charge in [0.15, 0.2) is 0 Å². The molecule has 0 unspecified atom stereocenters. The van der Waals surface area contributed by atoms with Crippen LogP contribution in [-0.4, -0.2) is 30.2 Å². The number of rotatable bonds is 14. The van der Waals surface area contributed by atoms with E-state index in [2.05, 4.69) is 112 Å². The molecule has 8 heteroatoms. The molecule has 0 fully saturated rings. The second-order valence-electron chi connectivity index (χ2n) is 12.0. The first-order valence-corrected chi connectivity index (χ1v) is 17.2. The summed E-state index contributed by atoms with van der Waals surface area (Å²) in [7, 11) is 3.34. The van der Waals surface area contributed by atoms with Gasteiger partial charge in [0.2, 0.25) is 0 Å². The van der Waals surface area contributed by atoms with Crippen molar-refractivity contribution in [1.82, 2.24) is 4.57 Å². The van der Waals surface area contributed by atoms with Crippen LogP contribution in [0.4, 0.5) is 17.1 Å².